The van der Waals surface area contributed by atoms with Gasteiger partial charge in [-0.2, -0.15) is 0 Å². The summed E-state index contributed by atoms with van der Waals surface area (Å²) in [4.78, 5) is 32.8. The maximum atomic E-state index is 14.2. The van der Waals surface area contributed by atoms with Crippen molar-refractivity contribution in [3.8, 4) is 0 Å². The van der Waals surface area contributed by atoms with E-state index < -0.39 is 0 Å². The molecule has 0 bridgehead atoms. The van der Waals surface area contributed by atoms with Gasteiger partial charge in [-0.25, -0.2) is 0 Å². The average molecular weight is 761 g/mol. The Balaban J connectivity index is 1.27. The number of hydrogen-bond acceptors (Lipinski definition) is 5. The lowest BCUT2D eigenvalue weighted by molar-refractivity contribution is -0.109. The third-order valence-electron chi connectivity index (χ3n) is 9.73. The lowest BCUT2D eigenvalue weighted by atomic mass is 9.84. The Morgan fingerprint density at radius 1 is 0.327 bits per heavy atom. The highest BCUT2D eigenvalue weighted by Crippen LogP contribution is 2.45. The summed E-state index contributed by atoms with van der Waals surface area (Å²) >= 11 is 5.12. The van der Waals surface area contributed by atoms with E-state index in [1.807, 2.05) is 121 Å². The monoisotopic (exact) mass is 760 g/mol. The van der Waals surface area contributed by atoms with Crippen molar-refractivity contribution in [2.24, 2.45) is 0 Å². The molecule has 0 amide bonds. The van der Waals surface area contributed by atoms with Crippen molar-refractivity contribution >= 4 is 79.0 Å². The van der Waals surface area contributed by atoms with E-state index in [4.69, 9.17) is 0 Å². The van der Waals surface area contributed by atoms with Crippen LogP contribution in [0.25, 0.3) is 33.4 Å². The Kier molecular flexibility index (Phi) is 9.57. The second-order valence-corrected chi connectivity index (χ2v) is 16.1. The quantitative estimate of drug-likeness (QED) is 0.155. The van der Waals surface area contributed by atoms with E-state index in [9.17, 15) is 9.59 Å². The highest BCUT2D eigenvalue weighted by Gasteiger charge is 2.28. The molecular formula is C50H32O2S3. The molecule has 2 aliphatic carbocycles. The zero-order valence-corrected chi connectivity index (χ0v) is 32.0. The van der Waals surface area contributed by atoms with Gasteiger partial charge in [-0.05, 0) is 92.7 Å². The van der Waals surface area contributed by atoms with Gasteiger partial charge in [0.05, 0.1) is 0 Å². The fraction of sp³-hybridized carbons (Fsp3) is 0. The van der Waals surface area contributed by atoms with Crippen LogP contribution >= 0.6 is 34.0 Å². The molecule has 2 nitrogen and oxygen atoms in total. The van der Waals surface area contributed by atoms with Gasteiger partial charge in [0.2, 0.25) is 0 Å². The fourth-order valence-electron chi connectivity index (χ4n) is 7.14. The fourth-order valence-corrected chi connectivity index (χ4v) is 10.0. The largest absolute Gasteiger partial charge is 0.289 e. The Morgan fingerprint density at radius 3 is 0.909 bits per heavy atom. The summed E-state index contributed by atoms with van der Waals surface area (Å²) in [6.45, 7) is 0. The van der Waals surface area contributed by atoms with Crippen molar-refractivity contribution in [1.29, 1.82) is 0 Å². The minimum absolute atomic E-state index is 0.0112. The van der Waals surface area contributed by atoms with Gasteiger partial charge in [0.1, 0.15) is 0 Å². The molecule has 0 radical (unpaired) electrons. The number of allylic oxidation sites excluding steroid dienone is 10. The predicted octanol–water partition coefficient (Wildman–Crippen LogP) is 13.0. The molecule has 9 rings (SSSR count). The first-order valence-electron chi connectivity index (χ1n) is 18.0. The van der Waals surface area contributed by atoms with Crippen LogP contribution < -0.4 is 0 Å². The predicted molar refractivity (Wildman–Crippen MR) is 233 cm³/mol. The van der Waals surface area contributed by atoms with Gasteiger partial charge in [-0.3, -0.25) is 9.59 Å². The first-order chi connectivity index (χ1) is 27.1. The Hall–Kier alpha value is -6.24. The van der Waals surface area contributed by atoms with E-state index in [0.29, 0.717) is 22.3 Å². The maximum Gasteiger partial charge on any atom is 0.194 e. The van der Waals surface area contributed by atoms with E-state index in [-0.39, 0.29) is 11.6 Å². The summed E-state index contributed by atoms with van der Waals surface area (Å²) in [5, 5.41) is 4.21. The number of rotatable bonds is 8. The number of ketones is 2. The van der Waals surface area contributed by atoms with E-state index in [2.05, 4.69) is 71.5 Å². The zero-order chi connectivity index (χ0) is 37.1. The highest BCUT2D eigenvalue weighted by molar-refractivity contribution is 7.16. The molecule has 3 aromatic heterocycles. The molecule has 7 aromatic rings. The van der Waals surface area contributed by atoms with Crippen molar-refractivity contribution in [2.75, 3.05) is 0 Å². The zero-order valence-electron chi connectivity index (χ0n) is 29.5. The van der Waals surface area contributed by atoms with Gasteiger partial charge < -0.3 is 0 Å². The van der Waals surface area contributed by atoms with Gasteiger partial charge in [0, 0.05) is 52.9 Å². The minimum atomic E-state index is 0.0112. The van der Waals surface area contributed by atoms with Gasteiger partial charge in [0.15, 0.2) is 11.6 Å². The van der Waals surface area contributed by atoms with E-state index in [1.165, 1.54) is 0 Å². The molecule has 4 aromatic carbocycles. The summed E-state index contributed by atoms with van der Waals surface area (Å²) < 4.78 is 0. The third-order valence-corrected chi connectivity index (χ3v) is 12.6. The standard InChI is InChI=1S/C50H32O2S3/c51-49-39(33-15-5-1-6-16-33)29-37(30-40(49)34-17-7-2-8-18-34)47(43-23-13-27-53-43)45-25-26-46(55-45)48(44-24-14-28-54-44)38-31-41(35-19-9-3-10-20-35)50(52)42(32-38)36-21-11-4-12-22-36/h1-32H. The summed E-state index contributed by atoms with van der Waals surface area (Å²) in [6, 6.07) is 52.7. The van der Waals surface area contributed by atoms with E-state index in [0.717, 1.165) is 64.1 Å². The van der Waals surface area contributed by atoms with Crippen molar-refractivity contribution in [1.82, 2.24) is 0 Å². The van der Waals surface area contributed by atoms with Crippen molar-refractivity contribution in [3.63, 3.8) is 0 Å². The first-order valence-corrected chi connectivity index (χ1v) is 20.5. The van der Waals surface area contributed by atoms with Crippen LogP contribution in [0.15, 0.2) is 204 Å². The Morgan fingerprint density at radius 2 is 0.636 bits per heavy atom. The van der Waals surface area contributed by atoms with Crippen LogP contribution in [0, 0.1) is 0 Å². The smallest absolute Gasteiger partial charge is 0.194 e. The van der Waals surface area contributed by atoms with Crippen LogP contribution in [0.4, 0.5) is 0 Å². The van der Waals surface area contributed by atoms with Crippen LogP contribution in [0.1, 0.15) is 41.8 Å². The van der Waals surface area contributed by atoms with Crippen LogP contribution in [0.5, 0.6) is 0 Å². The van der Waals surface area contributed by atoms with Crippen LogP contribution in [0.3, 0.4) is 0 Å². The molecule has 0 unspecified atom stereocenters. The first kappa shape index (κ1) is 34.5. The van der Waals surface area contributed by atoms with Crippen molar-refractivity contribution < 1.29 is 9.59 Å². The second kappa shape index (κ2) is 15.2. The molecule has 262 valence electrons. The Bertz CT molecular complexity index is 2410. The molecule has 0 aliphatic heterocycles. The molecule has 0 saturated carbocycles. The van der Waals surface area contributed by atoms with Crippen LogP contribution in [0.2, 0.25) is 0 Å². The van der Waals surface area contributed by atoms with Crippen LogP contribution in [-0.4, -0.2) is 11.6 Å². The van der Waals surface area contributed by atoms with Gasteiger partial charge in [-0.15, -0.1) is 34.0 Å². The number of thiophene rings is 3. The molecule has 5 heteroatoms. The molecule has 0 N–H and O–H groups in total. The summed E-state index contributed by atoms with van der Waals surface area (Å²) in [7, 11) is 0. The molecular weight excluding hydrogens is 729 g/mol. The normalized spacial score (nSPS) is 14.3. The molecule has 0 saturated heterocycles. The van der Waals surface area contributed by atoms with E-state index in [1.54, 1.807) is 34.0 Å². The minimum Gasteiger partial charge on any atom is -0.289 e. The number of benzene rings is 4. The second-order valence-electron chi connectivity index (χ2n) is 13.1. The van der Waals surface area contributed by atoms with Gasteiger partial charge in [-0.1, -0.05) is 133 Å². The molecule has 0 spiro atoms. The number of carbonyl (C=O) groups excluding carboxylic acids is 2. The van der Waals surface area contributed by atoms with Crippen LogP contribution in [-0.2, 0) is 9.59 Å². The Labute approximate surface area is 332 Å². The lowest BCUT2D eigenvalue weighted by Gasteiger charge is -2.19. The summed E-state index contributed by atoms with van der Waals surface area (Å²) in [5.74, 6) is 0.0225. The number of Topliss-reactive ketones (excluding diaryl/α,β-unsaturated/α-hetero) is 2. The van der Waals surface area contributed by atoms with Crippen molar-refractivity contribution in [3.05, 3.63) is 246 Å². The molecule has 2 aliphatic rings. The van der Waals surface area contributed by atoms with Gasteiger partial charge in [0.25, 0.3) is 0 Å². The summed E-state index contributed by atoms with van der Waals surface area (Å²) in [5.41, 5.74) is 10.4. The third kappa shape index (κ3) is 6.86. The number of hydrogen-bond donors (Lipinski definition) is 0. The lowest BCUT2D eigenvalue weighted by Crippen LogP contribution is -2.10. The van der Waals surface area contributed by atoms with Gasteiger partial charge >= 0.3 is 0 Å². The highest BCUT2D eigenvalue weighted by atomic mass is 32.1. The maximum absolute atomic E-state index is 14.2. The average Bonchev–Trinajstić information content (AvgIpc) is 4.06. The van der Waals surface area contributed by atoms with E-state index >= 15 is 0 Å². The SMILES string of the molecule is O=C1C(c2ccccc2)=CC(=C(c2cccs2)c2ccc(C(=C3C=C(c4ccccc4)C(=O)C(c4ccccc4)=C3)c3cccs3)s2)C=C1c1ccccc1. The van der Waals surface area contributed by atoms with Crippen molar-refractivity contribution in [2.45, 2.75) is 0 Å². The topological polar surface area (TPSA) is 34.1 Å². The molecule has 3 heterocycles. The molecule has 0 fully saturated rings. The molecule has 55 heavy (non-hydrogen) atoms. The summed E-state index contributed by atoms with van der Waals surface area (Å²) in [6.07, 6.45) is 8.25. The number of carbonyl (C=O) groups is 2. The molecule has 0 atom stereocenters.